The highest BCUT2D eigenvalue weighted by molar-refractivity contribution is 6.90. The number of esters is 1. The molecule has 0 amide bonds. The van der Waals surface area contributed by atoms with Gasteiger partial charge in [0, 0.05) is 5.57 Å². The van der Waals surface area contributed by atoms with Crippen molar-refractivity contribution in [3.63, 3.8) is 0 Å². The van der Waals surface area contributed by atoms with E-state index in [2.05, 4.69) is 57.2 Å². The van der Waals surface area contributed by atoms with Gasteiger partial charge in [0.1, 0.15) is 0 Å². The Hall–Kier alpha value is -1.01. The molecule has 0 fully saturated rings. The molecule has 0 saturated heterocycles. The van der Waals surface area contributed by atoms with E-state index in [-0.39, 0.29) is 5.97 Å². The lowest BCUT2D eigenvalue weighted by molar-refractivity contribution is -0.139. The summed E-state index contributed by atoms with van der Waals surface area (Å²) in [7, 11) is -5.95. The van der Waals surface area contributed by atoms with Crippen molar-refractivity contribution in [2.45, 2.75) is 78.9 Å². The molecule has 0 aliphatic carbocycles. The fourth-order valence-electron chi connectivity index (χ4n) is 2.39. The van der Waals surface area contributed by atoms with Crippen molar-refractivity contribution in [1.29, 1.82) is 0 Å². The summed E-state index contributed by atoms with van der Waals surface area (Å²) < 4.78 is 22.3. The van der Waals surface area contributed by atoms with Crippen molar-refractivity contribution in [3.05, 3.63) is 23.9 Å². The Balaban J connectivity index is 0. The van der Waals surface area contributed by atoms with Crippen LogP contribution in [-0.2, 0) is 27.3 Å². The molecule has 0 aromatic carbocycles. The summed E-state index contributed by atoms with van der Waals surface area (Å²) in [6, 6.07) is 0.936. The van der Waals surface area contributed by atoms with E-state index in [0.29, 0.717) is 25.3 Å². The molecular formula is C20H42O6Si3. The lowest BCUT2D eigenvalue weighted by Gasteiger charge is -2.39. The van der Waals surface area contributed by atoms with Crippen LogP contribution in [0.25, 0.3) is 0 Å². The number of allylic oxidation sites excluding steroid dienone is 1. The van der Waals surface area contributed by atoms with Crippen LogP contribution in [0, 0.1) is 0 Å². The maximum atomic E-state index is 11.4. The van der Waals surface area contributed by atoms with Crippen molar-refractivity contribution in [3.8, 4) is 0 Å². The Labute approximate surface area is 181 Å². The monoisotopic (exact) mass is 462 g/mol. The number of carbonyl (C=O) groups excluding carboxylic acids is 2. The second kappa shape index (κ2) is 14.1. The van der Waals surface area contributed by atoms with Gasteiger partial charge in [0.25, 0.3) is 6.47 Å². The van der Waals surface area contributed by atoms with Crippen LogP contribution in [0.1, 0.15) is 33.6 Å². The van der Waals surface area contributed by atoms with Gasteiger partial charge in [-0.3, -0.25) is 4.79 Å². The zero-order valence-electron chi connectivity index (χ0n) is 20.0. The predicted molar refractivity (Wildman–Crippen MR) is 127 cm³/mol. The Bertz CT molecular complexity index is 544. The van der Waals surface area contributed by atoms with Crippen LogP contribution in [-0.4, -0.2) is 50.9 Å². The maximum Gasteiger partial charge on any atom is 0.333 e. The van der Waals surface area contributed by atoms with Crippen LogP contribution < -0.4 is 0 Å². The summed E-state index contributed by atoms with van der Waals surface area (Å²) >= 11 is 0. The van der Waals surface area contributed by atoms with Gasteiger partial charge in [0.2, 0.25) is 8.32 Å². The van der Waals surface area contributed by atoms with Crippen LogP contribution in [0.3, 0.4) is 0 Å². The largest absolute Gasteiger partial charge is 0.468 e. The van der Waals surface area contributed by atoms with E-state index in [1.807, 2.05) is 13.8 Å². The number of rotatable bonds is 13. The minimum absolute atomic E-state index is 0.322. The molecule has 0 aliphatic rings. The molecule has 6 nitrogen and oxygen atoms in total. The lowest BCUT2D eigenvalue weighted by Crippen LogP contribution is -2.52. The number of carbonyl (C=O) groups is 2. The van der Waals surface area contributed by atoms with Gasteiger partial charge in [-0.05, 0) is 72.0 Å². The van der Waals surface area contributed by atoms with Gasteiger partial charge < -0.3 is 17.7 Å². The van der Waals surface area contributed by atoms with Crippen LogP contribution >= 0.6 is 0 Å². The highest BCUT2D eigenvalue weighted by Crippen LogP contribution is 2.26. The van der Waals surface area contributed by atoms with E-state index in [4.69, 9.17) is 13.0 Å². The van der Waals surface area contributed by atoms with Crippen LogP contribution in [0.5, 0.6) is 0 Å². The SMILES string of the molecule is C=C(C)C(=O)OCCC[Si](C)(C)O[Si](C)(C)O[Si](C)(C)C(=C)C.CCCOC=O. The van der Waals surface area contributed by atoms with Crippen LogP contribution in [0.15, 0.2) is 23.9 Å². The quantitative estimate of drug-likeness (QED) is 0.121. The zero-order valence-corrected chi connectivity index (χ0v) is 23.0. The van der Waals surface area contributed by atoms with Crippen molar-refractivity contribution in [2.75, 3.05) is 13.2 Å². The molecule has 170 valence electrons. The van der Waals surface area contributed by atoms with Crippen molar-refractivity contribution in [1.82, 2.24) is 0 Å². The summed E-state index contributed by atoms with van der Waals surface area (Å²) in [5.41, 5.74) is 0.437. The first-order valence-corrected chi connectivity index (χ1v) is 18.9. The van der Waals surface area contributed by atoms with Gasteiger partial charge in [0.05, 0.1) is 13.2 Å². The van der Waals surface area contributed by atoms with Gasteiger partial charge >= 0.3 is 14.5 Å². The maximum absolute atomic E-state index is 11.4. The number of hydrogen-bond donors (Lipinski definition) is 0. The Morgan fingerprint density at radius 1 is 0.966 bits per heavy atom. The molecule has 0 rings (SSSR count). The molecule has 0 heterocycles. The second-order valence-corrected chi connectivity index (χ2v) is 21.0. The molecule has 0 bridgehead atoms. The van der Waals surface area contributed by atoms with Gasteiger partial charge in [-0.2, -0.15) is 0 Å². The van der Waals surface area contributed by atoms with Crippen molar-refractivity contribution < 1.29 is 27.3 Å². The molecule has 0 N–H and O–H groups in total. The standard InChI is InChI=1S/C16H34O4Si3.C4H8O2/c1-14(2)16(17)18-12-11-13-21(5,6)19-23(9,10)20-22(7,8)15(3)4;1-2-3-6-4-5/h1,3,11-13H2,2,4-10H3;4H,2-3H2,1H3. The highest BCUT2D eigenvalue weighted by atomic mass is 28.5. The van der Waals surface area contributed by atoms with Gasteiger partial charge in [-0.1, -0.05) is 18.7 Å². The summed E-state index contributed by atoms with van der Waals surface area (Å²) in [6.45, 7) is 27.6. The minimum atomic E-state index is -2.20. The molecule has 0 atom stereocenters. The Morgan fingerprint density at radius 3 is 1.90 bits per heavy atom. The lowest BCUT2D eigenvalue weighted by atomic mass is 10.4. The first-order valence-electron chi connectivity index (χ1n) is 10.0. The van der Waals surface area contributed by atoms with Crippen LogP contribution in [0.2, 0.25) is 45.3 Å². The topological polar surface area (TPSA) is 71.1 Å². The van der Waals surface area contributed by atoms with E-state index in [1.165, 1.54) is 0 Å². The first-order chi connectivity index (χ1) is 13.1. The fraction of sp³-hybridized carbons (Fsp3) is 0.700. The van der Waals surface area contributed by atoms with E-state index in [9.17, 15) is 9.59 Å². The minimum Gasteiger partial charge on any atom is -0.468 e. The summed E-state index contributed by atoms with van der Waals surface area (Å²) in [5, 5.41) is 1.13. The molecule has 9 heteroatoms. The molecule has 0 aromatic heterocycles. The van der Waals surface area contributed by atoms with Gasteiger partial charge in [-0.25, -0.2) is 4.79 Å². The average Bonchev–Trinajstić information content (AvgIpc) is 2.54. The predicted octanol–water partition coefficient (Wildman–Crippen LogP) is 5.33. The molecule has 0 spiro atoms. The molecule has 0 aliphatic heterocycles. The summed E-state index contributed by atoms with van der Waals surface area (Å²) in [5.74, 6) is -0.322. The van der Waals surface area contributed by atoms with E-state index >= 15 is 0 Å². The van der Waals surface area contributed by atoms with E-state index in [0.717, 1.165) is 24.1 Å². The molecule has 0 radical (unpaired) electrons. The molecule has 29 heavy (non-hydrogen) atoms. The smallest absolute Gasteiger partial charge is 0.333 e. The summed E-state index contributed by atoms with van der Waals surface area (Å²) in [4.78, 5) is 20.7. The van der Waals surface area contributed by atoms with Crippen molar-refractivity contribution >= 4 is 37.6 Å². The Morgan fingerprint density at radius 2 is 1.52 bits per heavy atom. The number of hydrogen-bond acceptors (Lipinski definition) is 6. The number of ether oxygens (including phenoxy) is 2. The third-order valence-corrected chi connectivity index (χ3v) is 15.7. The third kappa shape index (κ3) is 16.5. The third-order valence-electron chi connectivity index (χ3n) is 3.95. The normalized spacial score (nSPS) is 11.8. The molecule has 0 aromatic rings. The molecule has 0 saturated carbocycles. The van der Waals surface area contributed by atoms with E-state index in [1.54, 1.807) is 6.92 Å². The summed E-state index contributed by atoms with van der Waals surface area (Å²) in [6.07, 6.45) is 1.71. The van der Waals surface area contributed by atoms with E-state index < -0.39 is 25.2 Å². The molecular weight excluding hydrogens is 420 g/mol. The Kier molecular flexibility index (Phi) is 14.7. The van der Waals surface area contributed by atoms with Crippen LogP contribution in [0.4, 0.5) is 0 Å². The highest BCUT2D eigenvalue weighted by Gasteiger charge is 2.39. The van der Waals surface area contributed by atoms with Crippen molar-refractivity contribution in [2.24, 2.45) is 0 Å². The first kappa shape index (κ1) is 30.2. The fourth-order valence-corrected chi connectivity index (χ4v) is 15.3. The van der Waals surface area contributed by atoms with Gasteiger partial charge in [0.15, 0.2) is 8.32 Å². The zero-order chi connectivity index (χ0) is 23.3. The second-order valence-electron chi connectivity index (χ2n) is 8.64. The van der Waals surface area contributed by atoms with Gasteiger partial charge in [-0.15, -0.1) is 6.58 Å². The average molecular weight is 463 g/mol. The molecule has 0 unspecified atom stereocenters.